The van der Waals surface area contributed by atoms with Crippen LogP contribution in [-0.2, 0) is 0 Å². The molecule has 1 atom stereocenters. The minimum absolute atomic E-state index is 0.133. The number of rotatable bonds is 2. The number of piperazine rings is 1. The van der Waals surface area contributed by atoms with E-state index in [4.69, 9.17) is 16.7 Å². The summed E-state index contributed by atoms with van der Waals surface area (Å²) in [7, 11) is 0. The van der Waals surface area contributed by atoms with Crippen molar-refractivity contribution >= 4 is 23.4 Å². The molecule has 1 aromatic rings. The number of anilines is 1. The number of hydrogen-bond donors (Lipinski definition) is 1. The number of aromatic nitrogens is 1. The predicted molar refractivity (Wildman–Crippen MR) is 73.0 cm³/mol. The molecule has 6 heteroatoms. The number of hydrogen-bond acceptors (Lipinski definition) is 4. The average molecular weight is 282 g/mol. The Bertz CT molecular complexity index is 509. The number of carbonyl (C=O) groups is 1. The quantitative estimate of drug-likeness (QED) is 0.894. The molecule has 0 amide bonds. The summed E-state index contributed by atoms with van der Waals surface area (Å²) in [5.41, 5.74) is 0.133. The second-order valence-corrected chi connectivity index (χ2v) is 5.52. The Morgan fingerprint density at radius 2 is 2.26 bits per heavy atom. The van der Waals surface area contributed by atoms with Gasteiger partial charge in [0.25, 0.3) is 0 Å². The third-order valence-corrected chi connectivity index (χ3v) is 4.23. The van der Waals surface area contributed by atoms with Gasteiger partial charge in [0.2, 0.25) is 0 Å². The Hall–Kier alpha value is -1.33. The highest BCUT2D eigenvalue weighted by atomic mass is 35.5. The summed E-state index contributed by atoms with van der Waals surface area (Å²) in [5.74, 6) is -0.292. The standard InChI is InChI=1S/C13H16ClN3O2/c14-11-6-9(13(18)19)7-15-12(11)17-5-4-16-3-1-2-10(16)8-17/h6-7,10H,1-5,8H2,(H,18,19). The highest BCUT2D eigenvalue weighted by Gasteiger charge is 2.31. The molecule has 2 aliphatic heterocycles. The lowest BCUT2D eigenvalue weighted by Crippen LogP contribution is -2.50. The summed E-state index contributed by atoms with van der Waals surface area (Å²) in [4.78, 5) is 19.8. The first-order chi connectivity index (χ1) is 9.15. The van der Waals surface area contributed by atoms with Crippen LogP contribution in [0.25, 0.3) is 0 Å². The minimum atomic E-state index is -0.999. The number of carboxylic acids is 1. The zero-order valence-corrected chi connectivity index (χ0v) is 11.3. The molecule has 3 heterocycles. The van der Waals surface area contributed by atoms with Crippen molar-refractivity contribution in [2.75, 3.05) is 31.1 Å². The molecule has 5 nitrogen and oxygen atoms in total. The molecule has 0 spiro atoms. The molecule has 0 aromatic carbocycles. The van der Waals surface area contributed by atoms with Crippen LogP contribution in [0, 0.1) is 0 Å². The lowest BCUT2D eigenvalue weighted by Gasteiger charge is -2.38. The van der Waals surface area contributed by atoms with Gasteiger partial charge in [-0.15, -0.1) is 0 Å². The Kier molecular flexibility index (Phi) is 3.33. The Balaban J connectivity index is 1.80. The van der Waals surface area contributed by atoms with E-state index < -0.39 is 5.97 Å². The number of aromatic carboxylic acids is 1. The van der Waals surface area contributed by atoms with Gasteiger partial charge in [0, 0.05) is 31.9 Å². The van der Waals surface area contributed by atoms with Crippen LogP contribution < -0.4 is 4.90 Å². The Labute approximate surface area is 116 Å². The fraction of sp³-hybridized carbons (Fsp3) is 0.538. The fourth-order valence-corrected chi connectivity index (χ4v) is 3.25. The number of pyridine rings is 1. The number of nitrogens with zero attached hydrogens (tertiary/aromatic N) is 3. The zero-order chi connectivity index (χ0) is 13.4. The van der Waals surface area contributed by atoms with Crippen molar-refractivity contribution in [2.45, 2.75) is 18.9 Å². The second-order valence-electron chi connectivity index (χ2n) is 5.11. The Morgan fingerprint density at radius 3 is 3.00 bits per heavy atom. The average Bonchev–Trinajstić information content (AvgIpc) is 2.85. The van der Waals surface area contributed by atoms with Gasteiger partial charge in [0.05, 0.1) is 10.6 Å². The molecule has 0 radical (unpaired) electrons. The second kappa shape index (κ2) is 4.98. The summed E-state index contributed by atoms with van der Waals surface area (Å²) >= 11 is 6.17. The van der Waals surface area contributed by atoms with E-state index in [-0.39, 0.29) is 5.56 Å². The van der Waals surface area contributed by atoms with Crippen molar-refractivity contribution in [1.29, 1.82) is 0 Å². The smallest absolute Gasteiger partial charge is 0.337 e. The van der Waals surface area contributed by atoms with Gasteiger partial charge in [-0.25, -0.2) is 9.78 Å². The first-order valence-corrected chi connectivity index (χ1v) is 6.91. The number of carboxylic acid groups (broad SMARTS) is 1. The van der Waals surface area contributed by atoms with Gasteiger partial charge in [-0.2, -0.15) is 0 Å². The third-order valence-electron chi connectivity index (χ3n) is 3.96. The summed E-state index contributed by atoms with van der Waals surface area (Å²) in [6, 6.07) is 2.07. The summed E-state index contributed by atoms with van der Waals surface area (Å²) in [5, 5.41) is 9.34. The SMILES string of the molecule is O=C(O)c1cnc(N2CCN3CCCC3C2)c(Cl)c1. The minimum Gasteiger partial charge on any atom is -0.478 e. The van der Waals surface area contributed by atoms with E-state index in [0.29, 0.717) is 16.9 Å². The van der Waals surface area contributed by atoms with Gasteiger partial charge >= 0.3 is 5.97 Å². The molecule has 1 unspecified atom stereocenters. The van der Waals surface area contributed by atoms with E-state index in [1.165, 1.54) is 31.6 Å². The van der Waals surface area contributed by atoms with Gasteiger partial charge in [-0.1, -0.05) is 11.6 Å². The van der Waals surface area contributed by atoms with E-state index >= 15 is 0 Å². The molecule has 1 N–H and O–H groups in total. The normalized spacial score (nSPS) is 23.4. The van der Waals surface area contributed by atoms with Crippen LogP contribution in [0.1, 0.15) is 23.2 Å². The van der Waals surface area contributed by atoms with Gasteiger partial charge in [-0.05, 0) is 25.5 Å². The van der Waals surface area contributed by atoms with Crippen molar-refractivity contribution < 1.29 is 9.90 Å². The third kappa shape index (κ3) is 2.40. The molecule has 2 saturated heterocycles. The molecule has 19 heavy (non-hydrogen) atoms. The maximum absolute atomic E-state index is 10.9. The largest absolute Gasteiger partial charge is 0.478 e. The molecule has 3 rings (SSSR count). The fourth-order valence-electron chi connectivity index (χ4n) is 2.96. The van der Waals surface area contributed by atoms with Gasteiger partial charge in [0.15, 0.2) is 0 Å². The van der Waals surface area contributed by atoms with E-state index in [9.17, 15) is 4.79 Å². The zero-order valence-electron chi connectivity index (χ0n) is 10.5. The molecule has 2 fully saturated rings. The first kappa shape index (κ1) is 12.7. The van der Waals surface area contributed by atoms with Gasteiger partial charge in [-0.3, -0.25) is 4.90 Å². The summed E-state index contributed by atoms with van der Waals surface area (Å²) in [6.07, 6.45) is 3.86. The van der Waals surface area contributed by atoms with Crippen LogP contribution in [-0.4, -0.2) is 53.2 Å². The molecule has 102 valence electrons. The predicted octanol–water partition coefficient (Wildman–Crippen LogP) is 1.72. The van der Waals surface area contributed by atoms with Crippen LogP contribution in [0.2, 0.25) is 5.02 Å². The van der Waals surface area contributed by atoms with E-state index in [2.05, 4.69) is 14.8 Å². The number of fused-ring (bicyclic) bond motifs is 1. The van der Waals surface area contributed by atoms with Crippen LogP contribution >= 0.6 is 11.6 Å². The van der Waals surface area contributed by atoms with Gasteiger partial charge < -0.3 is 10.0 Å². The van der Waals surface area contributed by atoms with E-state index in [0.717, 1.165) is 19.6 Å². The molecular weight excluding hydrogens is 266 g/mol. The highest BCUT2D eigenvalue weighted by Crippen LogP contribution is 2.29. The molecule has 2 aliphatic rings. The number of halogens is 1. The lowest BCUT2D eigenvalue weighted by molar-refractivity contribution is 0.0696. The topological polar surface area (TPSA) is 56.7 Å². The van der Waals surface area contributed by atoms with Gasteiger partial charge in [0.1, 0.15) is 5.82 Å². The van der Waals surface area contributed by atoms with Crippen LogP contribution in [0.3, 0.4) is 0 Å². The lowest BCUT2D eigenvalue weighted by atomic mass is 10.1. The molecule has 0 saturated carbocycles. The molecule has 1 aromatic heterocycles. The van der Waals surface area contributed by atoms with Crippen molar-refractivity contribution in [1.82, 2.24) is 9.88 Å². The maximum atomic E-state index is 10.9. The maximum Gasteiger partial charge on any atom is 0.337 e. The summed E-state index contributed by atoms with van der Waals surface area (Å²) < 4.78 is 0. The molecule has 0 aliphatic carbocycles. The molecule has 0 bridgehead atoms. The van der Waals surface area contributed by atoms with Crippen LogP contribution in [0.15, 0.2) is 12.3 Å². The van der Waals surface area contributed by atoms with Crippen LogP contribution in [0.5, 0.6) is 0 Å². The highest BCUT2D eigenvalue weighted by molar-refractivity contribution is 6.33. The van der Waals surface area contributed by atoms with Crippen molar-refractivity contribution in [3.63, 3.8) is 0 Å². The van der Waals surface area contributed by atoms with Crippen LogP contribution in [0.4, 0.5) is 5.82 Å². The Morgan fingerprint density at radius 1 is 1.42 bits per heavy atom. The van der Waals surface area contributed by atoms with E-state index in [1.807, 2.05) is 0 Å². The van der Waals surface area contributed by atoms with E-state index in [1.54, 1.807) is 0 Å². The first-order valence-electron chi connectivity index (χ1n) is 6.53. The monoisotopic (exact) mass is 281 g/mol. The van der Waals surface area contributed by atoms with Crippen molar-refractivity contribution in [3.05, 3.63) is 22.8 Å². The molecular formula is C13H16ClN3O2. The van der Waals surface area contributed by atoms with Crippen molar-refractivity contribution in [2.24, 2.45) is 0 Å². The summed E-state index contributed by atoms with van der Waals surface area (Å²) in [6.45, 7) is 4.05. The van der Waals surface area contributed by atoms with Crippen molar-refractivity contribution in [3.8, 4) is 0 Å².